The molecule has 1 heterocycles. The first kappa shape index (κ1) is 11.9. The van der Waals surface area contributed by atoms with Gasteiger partial charge in [0.1, 0.15) is 0 Å². The Hall–Kier alpha value is -0.120. The Morgan fingerprint density at radius 3 is 2.94 bits per heavy atom. The van der Waals surface area contributed by atoms with Crippen LogP contribution in [0.4, 0.5) is 0 Å². The minimum Gasteiger partial charge on any atom is -0.392 e. The van der Waals surface area contributed by atoms with E-state index in [1.54, 1.807) is 0 Å². The molecule has 0 saturated carbocycles. The van der Waals surface area contributed by atoms with E-state index in [4.69, 9.17) is 0 Å². The zero-order valence-electron chi connectivity index (χ0n) is 9.84. The van der Waals surface area contributed by atoms with Gasteiger partial charge in [-0.25, -0.2) is 0 Å². The van der Waals surface area contributed by atoms with Crippen molar-refractivity contribution in [3.8, 4) is 0 Å². The Kier molecular flexibility index (Phi) is 3.69. The lowest BCUT2D eigenvalue weighted by Crippen LogP contribution is -2.32. The van der Waals surface area contributed by atoms with E-state index in [1.807, 2.05) is 23.5 Å². The third-order valence-electron chi connectivity index (χ3n) is 3.76. The number of rotatable bonds is 3. The molecule has 1 N–H and O–H groups in total. The van der Waals surface area contributed by atoms with Gasteiger partial charge in [0.15, 0.2) is 0 Å². The molecule has 0 aromatic heterocycles. The Balaban J connectivity index is 1.58. The molecule has 1 aromatic rings. The second-order valence-electron chi connectivity index (χ2n) is 4.89. The van der Waals surface area contributed by atoms with Gasteiger partial charge in [0.25, 0.3) is 0 Å². The highest BCUT2D eigenvalue weighted by atomic mass is 32.2. The largest absolute Gasteiger partial charge is 0.392 e. The molecule has 0 bridgehead atoms. The minimum absolute atomic E-state index is 0.119. The Morgan fingerprint density at radius 1 is 1.29 bits per heavy atom. The van der Waals surface area contributed by atoms with Crippen LogP contribution in [0.25, 0.3) is 0 Å². The van der Waals surface area contributed by atoms with Crippen LogP contribution < -0.4 is 0 Å². The predicted molar refractivity (Wildman–Crippen MR) is 77.1 cm³/mol. The number of fused-ring (bicyclic) bond motifs is 1. The first-order chi connectivity index (χ1) is 8.34. The summed E-state index contributed by atoms with van der Waals surface area (Å²) in [5.74, 6) is 4.18. The van der Waals surface area contributed by atoms with Gasteiger partial charge in [-0.1, -0.05) is 24.3 Å². The van der Waals surface area contributed by atoms with Gasteiger partial charge in [0.2, 0.25) is 0 Å². The average molecular weight is 266 g/mol. The lowest BCUT2D eigenvalue weighted by atomic mass is 9.74. The molecule has 92 valence electrons. The average Bonchev–Trinajstić information content (AvgIpc) is 2.37. The summed E-state index contributed by atoms with van der Waals surface area (Å²) >= 11 is 3.95. The molecule has 1 nitrogen and oxygen atoms in total. The SMILES string of the molecule is OC(CC1Cc2ccccc21)C1CSCCS1. The summed E-state index contributed by atoms with van der Waals surface area (Å²) in [7, 11) is 0. The van der Waals surface area contributed by atoms with Crippen LogP contribution in [0.1, 0.15) is 23.5 Å². The molecule has 1 aliphatic carbocycles. The topological polar surface area (TPSA) is 20.2 Å². The second-order valence-corrected chi connectivity index (χ2v) is 7.38. The standard InChI is InChI=1S/C14H18OS2/c15-13(14-9-16-5-6-17-14)8-11-7-10-3-1-2-4-12(10)11/h1-4,11,13-15H,5-9H2. The van der Waals surface area contributed by atoms with E-state index in [2.05, 4.69) is 24.3 Å². The van der Waals surface area contributed by atoms with Crippen LogP contribution in [-0.4, -0.2) is 33.7 Å². The van der Waals surface area contributed by atoms with Crippen molar-refractivity contribution in [2.24, 2.45) is 0 Å². The smallest absolute Gasteiger partial charge is 0.0672 e. The molecule has 1 fully saturated rings. The molecule has 1 saturated heterocycles. The molecule has 1 aliphatic heterocycles. The van der Waals surface area contributed by atoms with Crippen molar-refractivity contribution in [2.75, 3.05) is 17.3 Å². The summed E-state index contributed by atoms with van der Waals surface area (Å²) in [5, 5.41) is 10.8. The molecule has 1 aromatic carbocycles. The van der Waals surface area contributed by atoms with E-state index in [0.29, 0.717) is 11.2 Å². The van der Waals surface area contributed by atoms with E-state index in [9.17, 15) is 5.11 Å². The summed E-state index contributed by atoms with van der Waals surface area (Å²) in [6.07, 6.45) is 2.00. The molecule has 17 heavy (non-hydrogen) atoms. The normalized spacial score (nSPS) is 29.2. The maximum atomic E-state index is 10.3. The molecule has 3 heteroatoms. The van der Waals surface area contributed by atoms with Gasteiger partial charge >= 0.3 is 0 Å². The van der Waals surface area contributed by atoms with Crippen LogP contribution in [0.15, 0.2) is 24.3 Å². The van der Waals surface area contributed by atoms with Crippen molar-refractivity contribution in [1.29, 1.82) is 0 Å². The molecule has 0 amide bonds. The van der Waals surface area contributed by atoms with Gasteiger partial charge in [0, 0.05) is 22.5 Å². The minimum atomic E-state index is -0.119. The Labute approximate surface area is 111 Å². The monoisotopic (exact) mass is 266 g/mol. The van der Waals surface area contributed by atoms with Gasteiger partial charge in [-0.3, -0.25) is 0 Å². The van der Waals surface area contributed by atoms with Crippen molar-refractivity contribution in [2.45, 2.75) is 30.1 Å². The lowest BCUT2D eigenvalue weighted by Gasteiger charge is -2.34. The Bertz CT molecular complexity index is 388. The maximum Gasteiger partial charge on any atom is 0.0672 e. The summed E-state index contributed by atoms with van der Waals surface area (Å²) < 4.78 is 0. The predicted octanol–water partition coefficient (Wildman–Crippen LogP) is 2.93. The van der Waals surface area contributed by atoms with Crippen LogP contribution in [0.3, 0.4) is 0 Å². The van der Waals surface area contributed by atoms with E-state index in [0.717, 1.165) is 18.6 Å². The van der Waals surface area contributed by atoms with Crippen LogP contribution in [0.5, 0.6) is 0 Å². The van der Waals surface area contributed by atoms with Crippen LogP contribution >= 0.6 is 23.5 Å². The van der Waals surface area contributed by atoms with Crippen LogP contribution in [0.2, 0.25) is 0 Å². The molecule has 3 rings (SSSR count). The number of hydrogen-bond acceptors (Lipinski definition) is 3. The number of aliphatic hydroxyl groups excluding tert-OH is 1. The first-order valence-electron chi connectivity index (χ1n) is 6.30. The molecule has 3 unspecified atom stereocenters. The summed E-state index contributed by atoms with van der Waals surface area (Å²) in [5.41, 5.74) is 2.95. The van der Waals surface area contributed by atoms with Crippen LogP contribution in [0, 0.1) is 0 Å². The Morgan fingerprint density at radius 2 is 2.18 bits per heavy atom. The van der Waals surface area contributed by atoms with Crippen molar-refractivity contribution in [1.82, 2.24) is 0 Å². The van der Waals surface area contributed by atoms with Gasteiger partial charge in [0.05, 0.1) is 6.10 Å². The van der Waals surface area contributed by atoms with Crippen molar-refractivity contribution >= 4 is 23.5 Å². The molecular formula is C14H18OS2. The summed E-state index contributed by atoms with van der Waals surface area (Å²) in [6.45, 7) is 0. The quantitative estimate of drug-likeness (QED) is 0.908. The third-order valence-corrected chi connectivity index (χ3v) is 6.66. The fraction of sp³-hybridized carbons (Fsp3) is 0.571. The third kappa shape index (κ3) is 2.51. The van der Waals surface area contributed by atoms with Crippen molar-refractivity contribution in [3.63, 3.8) is 0 Å². The second kappa shape index (κ2) is 5.25. The van der Waals surface area contributed by atoms with Crippen LogP contribution in [-0.2, 0) is 6.42 Å². The highest BCUT2D eigenvalue weighted by molar-refractivity contribution is 8.06. The highest BCUT2D eigenvalue weighted by Crippen LogP contribution is 2.40. The summed E-state index contributed by atoms with van der Waals surface area (Å²) in [6, 6.07) is 8.66. The number of benzene rings is 1. The number of hydrogen-bond donors (Lipinski definition) is 1. The zero-order chi connectivity index (χ0) is 11.7. The fourth-order valence-electron chi connectivity index (χ4n) is 2.74. The molecule has 2 aliphatic rings. The number of thioether (sulfide) groups is 2. The van der Waals surface area contributed by atoms with Gasteiger partial charge in [-0.05, 0) is 29.9 Å². The highest BCUT2D eigenvalue weighted by Gasteiger charge is 2.31. The fourth-order valence-corrected chi connectivity index (χ4v) is 5.53. The lowest BCUT2D eigenvalue weighted by molar-refractivity contribution is 0.153. The van der Waals surface area contributed by atoms with Gasteiger partial charge in [-0.2, -0.15) is 23.5 Å². The van der Waals surface area contributed by atoms with Crippen molar-refractivity contribution in [3.05, 3.63) is 35.4 Å². The molecule has 0 spiro atoms. The van der Waals surface area contributed by atoms with Crippen molar-refractivity contribution < 1.29 is 5.11 Å². The number of aliphatic hydroxyl groups is 1. The van der Waals surface area contributed by atoms with E-state index < -0.39 is 0 Å². The van der Waals surface area contributed by atoms with E-state index in [1.165, 1.54) is 22.6 Å². The zero-order valence-corrected chi connectivity index (χ0v) is 11.5. The van der Waals surface area contributed by atoms with Gasteiger partial charge in [-0.15, -0.1) is 0 Å². The molecule has 3 atom stereocenters. The maximum absolute atomic E-state index is 10.3. The molecule has 0 radical (unpaired) electrons. The first-order valence-corrected chi connectivity index (χ1v) is 8.50. The summed E-state index contributed by atoms with van der Waals surface area (Å²) in [4.78, 5) is 0. The van der Waals surface area contributed by atoms with E-state index in [-0.39, 0.29) is 6.10 Å². The van der Waals surface area contributed by atoms with Gasteiger partial charge < -0.3 is 5.11 Å². The molecular weight excluding hydrogens is 248 g/mol. The van der Waals surface area contributed by atoms with E-state index >= 15 is 0 Å².